The van der Waals surface area contributed by atoms with Crippen LogP contribution >= 0.6 is 0 Å². The van der Waals surface area contributed by atoms with Crippen LogP contribution in [-0.4, -0.2) is 33.7 Å². The van der Waals surface area contributed by atoms with Gasteiger partial charge in [-0.2, -0.15) is 5.10 Å². The lowest BCUT2D eigenvalue weighted by atomic mass is 10.1. The lowest BCUT2D eigenvalue weighted by molar-refractivity contribution is -0.132. The fourth-order valence-electron chi connectivity index (χ4n) is 3.12. The number of carbonyl (C=O) groups excluding carboxylic acids is 2. The SMILES string of the molecule is CC(C)CC(=O)N1Cc2[nH]nc(NC(=O)c3ccc4c(c3)OCO4)c2C1. The number of aromatic amines is 1. The molecule has 4 rings (SSSR count). The number of fused-ring (bicyclic) bond motifs is 2. The standard InChI is InChI=1S/C18H20N4O4/c1-10(2)5-16(23)22-7-12-13(8-22)20-21-17(12)19-18(24)11-3-4-14-15(6-11)26-9-25-14/h3-4,6,10H,5,7-9H2,1-2H3,(H2,19,20,21,24). The van der Waals surface area contributed by atoms with Crippen LogP contribution in [0.15, 0.2) is 18.2 Å². The number of nitrogens with one attached hydrogen (secondary N) is 2. The maximum Gasteiger partial charge on any atom is 0.257 e. The van der Waals surface area contributed by atoms with Gasteiger partial charge in [0.2, 0.25) is 12.7 Å². The van der Waals surface area contributed by atoms with Gasteiger partial charge in [-0.15, -0.1) is 0 Å². The fourth-order valence-corrected chi connectivity index (χ4v) is 3.12. The Morgan fingerprint density at radius 3 is 2.88 bits per heavy atom. The smallest absolute Gasteiger partial charge is 0.257 e. The van der Waals surface area contributed by atoms with Gasteiger partial charge in [0.1, 0.15) is 0 Å². The second-order valence-electron chi connectivity index (χ2n) is 6.90. The van der Waals surface area contributed by atoms with Gasteiger partial charge in [0.05, 0.1) is 18.8 Å². The molecule has 2 aliphatic rings. The summed E-state index contributed by atoms with van der Waals surface area (Å²) in [4.78, 5) is 26.6. The predicted molar refractivity (Wildman–Crippen MR) is 92.8 cm³/mol. The first-order valence-corrected chi connectivity index (χ1v) is 8.56. The molecule has 0 bridgehead atoms. The van der Waals surface area contributed by atoms with Crippen LogP contribution in [-0.2, 0) is 17.9 Å². The molecule has 1 aromatic carbocycles. The number of H-pyrrole nitrogens is 1. The van der Waals surface area contributed by atoms with Crippen molar-refractivity contribution in [3.63, 3.8) is 0 Å². The van der Waals surface area contributed by atoms with Crippen LogP contribution in [0.2, 0.25) is 0 Å². The van der Waals surface area contributed by atoms with Crippen molar-refractivity contribution in [2.45, 2.75) is 33.4 Å². The minimum Gasteiger partial charge on any atom is -0.454 e. The molecule has 0 atom stereocenters. The topological polar surface area (TPSA) is 96.6 Å². The number of rotatable bonds is 4. The Bertz CT molecular complexity index is 874. The number of carbonyl (C=O) groups is 2. The maximum atomic E-state index is 12.5. The van der Waals surface area contributed by atoms with E-state index in [0.29, 0.717) is 48.3 Å². The number of hydrogen-bond donors (Lipinski definition) is 2. The van der Waals surface area contributed by atoms with E-state index >= 15 is 0 Å². The number of ether oxygens (including phenoxy) is 2. The Labute approximate surface area is 150 Å². The first kappa shape index (κ1) is 16.4. The van der Waals surface area contributed by atoms with Gasteiger partial charge in [0.25, 0.3) is 5.91 Å². The lowest BCUT2D eigenvalue weighted by Crippen LogP contribution is -2.27. The van der Waals surface area contributed by atoms with Crippen molar-refractivity contribution in [1.29, 1.82) is 0 Å². The molecule has 0 aliphatic carbocycles. The van der Waals surface area contributed by atoms with E-state index in [-0.39, 0.29) is 18.6 Å². The van der Waals surface area contributed by atoms with Crippen molar-refractivity contribution < 1.29 is 19.1 Å². The molecule has 136 valence electrons. The van der Waals surface area contributed by atoms with Crippen LogP contribution in [0.5, 0.6) is 11.5 Å². The molecule has 2 aromatic rings. The number of anilines is 1. The zero-order valence-corrected chi connectivity index (χ0v) is 14.7. The van der Waals surface area contributed by atoms with Crippen molar-refractivity contribution >= 4 is 17.6 Å². The normalized spacial score (nSPS) is 14.7. The lowest BCUT2D eigenvalue weighted by Gasteiger charge is -2.17. The molecular weight excluding hydrogens is 336 g/mol. The Kier molecular flexibility index (Phi) is 4.02. The van der Waals surface area contributed by atoms with Gasteiger partial charge < -0.3 is 19.7 Å². The monoisotopic (exact) mass is 356 g/mol. The van der Waals surface area contributed by atoms with E-state index in [4.69, 9.17) is 9.47 Å². The van der Waals surface area contributed by atoms with Gasteiger partial charge in [0, 0.05) is 17.5 Å². The summed E-state index contributed by atoms with van der Waals surface area (Å²) in [7, 11) is 0. The number of nitrogens with zero attached hydrogens (tertiary/aromatic N) is 2. The van der Waals surface area contributed by atoms with Crippen molar-refractivity contribution in [2.75, 3.05) is 12.1 Å². The Morgan fingerprint density at radius 2 is 2.08 bits per heavy atom. The maximum absolute atomic E-state index is 12.5. The van der Waals surface area contributed by atoms with E-state index in [9.17, 15) is 9.59 Å². The quantitative estimate of drug-likeness (QED) is 0.876. The van der Waals surface area contributed by atoms with E-state index in [1.165, 1.54) is 0 Å². The summed E-state index contributed by atoms with van der Waals surface area (Å²) < 4.78 is 10.6. The molecule has 0 unspecified atom stereocenters. The van der Waals surface area contributed by atoms with Crippen LogP contribution in [0.4, 0.5) is 5.82 Å². The molecule has 26 heavy (non-hydrogen) atoms. The zero-order valence-electron chi connectivity index (χ0n) is 14.7. The van der Waals surface area contributed by atoms with Crippen molar-refractivity contribution in [2.24, 2.45) is 5.92 Å². The molecular formula is C18H20N4O4. The van der Waals surface area contributed by atoms with Gasteiger partial charge in [-0.1, -0.05) is 13.8 Å². The highest BCUT2D eigenvalue weighted by Gasteiger charge is 2.29. The average Bonchev–Trinajstić information content (AvgIpc) is 3.29. The third kappa shape index (κ3) is 2.98. The third-order valence-corrected chi connectivity index (χ3v) is 4.45. The van der Waals surface area contributed by atoms with Crippen LogP contribution in [0.3, 0.4) is 0 Å². The van der Waals surface area contributed by atoms with Gasteiger partial charge >= 0.3 is 0 Å². The number of benzene rings is 1. The first-order chi connectivity index (χ1) is 12.5. The summed E-state index contributed by atoms with van der Waals surface area (Å²) in [5, 5.41) is 9.91. The molecule has 3 heterocycles. The third-order valence-electron chi connectivity index (χ3n) is 4.45. The van der Waals surface area contributed by atoms with Crippen LogP contribution in [0.1, 0.15) is 41.9 Å². The minimum absolute atomic E-state index is 0.109. The van der Waals surface area contributed by atoms with E-state index in [1.807, 2.05) is 13.8 Å². The molecule has 0 fully saturated rings. The van der Waals surface area contributed by atoms with Crippen molar-refractivity contribution in [1.82, 2.24) is 15.1 Å². The second kappa shape index (κ2) is 6.36. The number of aromatic nitrogens is 2. The van der Waals surface area contributed by atoms with E-state index in [2.05, 4.69) is 15.5 Å². The van der Waals surface area contributed by atoms with Gasteiger partial charge in [-0.3, -0.25) is 14.7 Å². The van der Waals surface area contributed by atoms with Gasteiger partial charge in [0.15, 0.2) is 17.3 Å². The molecule has 2 amide bonds. The minimum atomic E-state index is -0.287. The van der Waals surface area contributed by atoms with Crippen LogP contribution in [0.25, 0.3) is 0 Å². The molecule has 8 nitrogen and oxygen atoms in total. The summed E-state index contributed by atoms with van der Waals surface area (Å²) in [6, 6.07) is 5.02. The van der Waals surface area contributed by atoms with Crippen LogP contribution in [0, 0.1) is 5.92 Å². The van der Waals surface area contributed by atoms with Gasteiger partial charge in [-0.05, 0) is 24.1 Å². The van der Waals surface area contributed by atoms with Crippen LogP contribution < -0.4 is 14.8 Å². The molecule has 2 aliphatic heterocycles. The number of amides is 2. The Balaban J connectivity index is 1.46. The van der Waals surface area contributed by atoms with E-state index in [0.717, 1.165) is 11.3 Å². The van der Waals surface area contributed by atoms with E-state index < -0.39 is 0 Å². The fraction of sp³-hybridized carbons (Fsp3) is 0.389. The second-order valence-corrected chi connectivity index (χ2v) is 6.90. The largest absolute Gasteiger partial charge is 0.454 e. The zero-order chi connectivity index (χ0) is 18.3. The van der Waals surface area contributed by atoms with Gasteiger partial charge in [-0.25, -0.2) is 0 Å². The highest BCUT2D eigenvalue weighted by atomic mass is 16.7. The van der Waals surface area contributed by atoms with E-state index in [1.54, 1.807) is 23.1 Å². The molecule has 0 saturated heterocycles. The summed E-state index contributed by atoms with van der Waals surface area (Å²) in [5.41, 5.74) is 2.18. The highest BCUT2D eigenvalue weighted by molar-refractivity contribution is 6.04. The van der Waals surface area contributed by atoms with Crippen molar-refractivity contribution in [3.05, 3.63) is 35.0 Å². The average molecular weight is 356 g/mol. The summed E-state index contributed by atoms with van der Waals surface area (Å²) in [6.45, 7) is 5.15. The van der Waals surface area contributed by atoms with Crippen molar-refractivity contribution in [3.8, 4) is 11.5 Å². The molecule has 1 aromatic heterocycles. The molecule has 2 N–H and O–H groups in total. The summed E-state index contributed by atoms with van der Waals surface area (Å²) in [5.74, 6) is 1.77. The molecule has 0 radical (unpaired) electrons. The predicted octanol–water partition coefficient (Wildman–Crippen LogP) is 2.28. The highest BCUT2D eigenvalue weighted by Crippen LogP contribution is 2.33. The first-order valence-electron chi connectivity index (χ1n) is 8.56. The Morgan fingerprint density at radius 1 is 1.27 bits per heavy atom. The molecule has 0 spiro atoms. The summed E-state index contributed by atoms with van der Waals surface area (Å²) >= 11 is 0. The Hall–Kier alpha value is -3.03. The molecule has 8 heteroatoms. The number of hydrogen-bond acceptors (Lipinski definition) is 5. The molecule has 0 saturated carbocycles. The summed E-state index contributed by atoms with van der Waals surface area (Å²) in [6.07, 6.45) is 0.511.